The molecule has 0 radical (unpaired) electrons. The molecule has 0 aromatic heterocycles. The third kappa shape index (κ3) is 2.63. The Bertz CT molecular complexity index is 384. The number of hydrogen-bond donors (Lipinski definition) is 0. The SMILES string of the molecule is CC(C)c1cccc(N2CCOCC2(C)C)c1. The molecule has 1 saturated heterocycles. The molecule has 0 N–H and O–H groups in total. The maximum absolute atomic E-state index is 5.57. The van der Waals surface area contributed by atoms with Crippen LogP contribution in [0.15, 0.2) is 24.3 Å². The van der Waals surface area contributed by atoms with Gasteiger partial charge in [0.2, 0.25) is 0 Å². The van der Waals surface area contributed by atoms with Crippen molar-refractivity contribution in [1.82, 2.24) is 0 Å². The zero-order chi connectivity index (χ0) is 12.5. The summed E-state index contributed by atoms with van der Waals surface area (Å²) in [5.41, 5.74) is 2.82. The van der Waals surface area contributed by atoms with Crippen LogP contribution < -0.4 is 4.90 Å². The normalized spacial score (nSPS) is 19.7. The summed E-state index contributed by atoms with van der Waals surface area (Å²) in [6.07, 6.45) is 0. The van der Waals surface area contributed by atoms with E-state index in [2.05, 4.69) is 56.9 Å². The van der Waals surface area contributed by atoms with Crippen molar-refractivity contribution in [1.29, 1.82) is 0 Å². The van der Waals surface area contributed by atoms with Crippen LogP contribution in [0.1, 0.15) is 39.2 Å². The van der Waals surface area contributed by atoms with Gasteiger partial charge in [-0.15, -0.1) is 0 Å². The highest BCUT2D eigenvalue weighted by Crippen LogP contribution is 2.29. The fourth-order valence-electron chi connectivity index (χ4n) is 2.39. The summed E-state index contributed by atoms with van der Waals surface area (Å²) in [6.45, 7) is 11.6. The first kappa shape index (κ1) is 12.4. The number of rotatable bonds is 2. The molecule has 0 bridgehead atoms. The van der Waals surface area contributed by atoms with Gasteiger partial charge in [0.1, 0.15) is 0 Å². The zero-order valence-corrected chi connectivity index (χ0v) is 11.4. The predicted molar refractivity (Wildman–Crippen MR) is 72.8 cm³/mol. The molecule has 0 saturated carbocycles. The maximum atomic E-state index is 5.57. The molecule has 1 aliphatic heterocycles. The molecular formula is C15H23NO. The molecule has 0 unspecified atom stereocenters. The number of hydrogen-bond acceptors (Lipinski definition) is 2. The topological polar surface area (TPSA) is 12.5 Å². The van der Waals surface area contributed by atoms with Crippen LogP contribution in [0.2, 0.25) is 0 Å². The summed E-state index contributed by atoms with van der Waals surface area (Å²) < 4.78 is 5.57. The zero-order valence-electron chi connectivity index (χ0n) is 11.4. The van der Waals surface area contributed by atoms with Crippen LogP contribution >= 0.6 is 0 Å². The van der Waals surface area contributed by atoms with Crippen molar-refractivity contribution in [3.63, 3.8) is 0 Å². The van der Waals surface area contributed by atoms with E-state index in [1.165, 1.54) is 11.3 Å². The van der Waals surface area contributed by atoms with Crippen molar-refractivity contribution >= 4 is 5.69 Å². The number of ether oxygens (including phenoxy) is 1. The van der Waals surface area contributed by atoms with Crippen LogP contribution in [0, 0.1) is 0 Å². The second-order valence-corrected chi connectivity index (χ2v) is 5.77. The monoisotopic (exact) mass is 233 g/mol. The number of nitrogens with zero attached hydrogens (tertiary/aromatic N) is 1. The van der Waals surface area contributed by atoms with Crippen molar-refractivity contribution < 1.29 is 4.74 Å². The van der Waals surface area contributed by atoms with Gasteiger partial charge < -0.3 is 9.64 Å². The molecule has 1 aromatic carbocycles. The van der Waals surface area contributed by atoms with E-state index >= 15 is 0 Å². The van der Waals surface area contributed by atoms with E-state index in [9.17, 15) is 0 Å². The Morgan fingerprint density at radius 3 is 2.71 bits per heavy atom. The molecular weight excluding hydrogens is 210 g/mol. The summed E-state index contributed by atoms with van der Waals surface area (Å²) in [5.74, 6) is 0.583. The van der Waals surface area contributed by atoms with Crippen molar-refractivity contribution in [2.75, 3.05) is 24.7 Å². The van der Waals surface area contributed by atoms with Crippen molar-refractivity contribution in [3.05, 3.63) is 29.8 Å². The Morgan fingerprint density at radius 1 is 1.29 bits per heavy atom. The number of anilines is 1. The number of benzene rings is 1. The Hall–Kier alpha value is -1.02. The Kier molecular flexibility index (Phi) is 3.43. The van der Waals surface area contributed by atoms with Gasteiger partial charge in [-0.25, -0.2) is 0 Å². The minimum Gasteiger partial charge on any atom is -0.377 e. The van der Waals surface area contributed by atoms with Gasteiger partial charge in [0, 0.05) is 12.2 Å². The van der Waals surface area contributed by atoms with E-state index in [0.29, 0.717) is 5.92 Å². The van der Waals surface area contributed by atoms with Gasteiger partial charge in [0.05, 0.1) is 18.8 Å². The maximum Gasteiger partial charge on any atom is 0.0694 e. The fraction of sp³-hybridized carbons (Fsp3) is 0.600. The first-order valence-corrected chi connectivity index (χ1v) is 6.46. The molecule has 2 nitrogen and oxygen atoms in total. The lowest BCUT2D eigenvalue weighted by Gasteiger charge is -2.44. The average Bonchev–Trinajstić information content (AvgIpc) is 2.28. The highest BCUT2D eigenvalue weighted by atomic mass is 16.5. The fourth-order valence-corrected chi connectivity index (χ4v) is 2.39. The first-order valence-electron chi connectivity index (χ1n) is 6.46. The van der Waals surface area contributed by atoms with E-state index in [4.69, 9.17) is 4.74 Å². The van der Waals surface area contributed by atoms with Crippen LogP contribution in [0.3, 0.4) is 0 Å². The molecule has 0 aliphatic carbocycles. The third-order valence-corrected chi connectivity index (χ3v) is 3.49. The smallest absolute Gasteiger partial charge is 0.0694 e. The largest absolute Gasteiger partial charge is 0.377 e. The molecule has 0 spiro atoms. The summed E-state index contributed by atoms with van der Waals surface area (Å²) in [5, 5.41) is 0. The van der Waals surface area contributed by atoms with Crippen LogP contribution in [0.4, 0.5) is 5.69 Å². The molecule has 1 aliphatic rings. The number of morpholine rings is 1. The predicted octanol–water partition coefficient (Wildman–Crippen LogP) is 3.43. The second-order valence-electron chi connectivity index (χ2n) is 5.77. The Morgan fingerprint density at radius 2 is 2.06 bits per heavy atom. The molecule has 0 amide bonds. The lowest BCUT2D eigenvalue weighted by molar-refractivity contribution is 0.0644. The van der Waals surface area contributed by atoms with E-state index < -0.39 is 0 Å². The molecule has 1 fully saturated rings. The highest BCUT2D eigenvalue weighted by Gasteiger charge is 2.30. The van der Waals surface area contributed by atoms with E-state index in [0.717, 1.165) is 19.8 Å². The van der Waals surface area contributed by atoms with Gasteiger partial charge in [0.15, 0.2) is 0 Å². The second kappa shape index (κ2) is 4.69. The Labute approximate surface area is 105 Å². The van der Waals surface area contributed by atoms with Gasteiger partial charge >= 0.3 is 0 Å². The molecule has 94 valence electrons. The standard InChI is InChI=1S/C15H23NO/c1-12(2)13-6-5-7-14(10-13)16-8-9-17-11-15(16,3)4/h5-7,10,12H,8-9,11H2,1-4H3. The van der Waals surface area contributed by atoms with Crippen LogP contribution in [0.5, 0.6) is 0 Å². The van der Waals surface area contributed by atoms with Gasteiger partial charge in [-0.2, -0.15) is 0 Å². The van der Waals surface area contributed by atoms with Gasteiger partial charge in [-0.05, 0) is 37.5 Å². The lowest BCUT2D eigenvalue weighted by Crippen LogP contribution is -2.53. The molecule has 1 aromatic rings. The van der Waals surface area contributed by atoms with Crippen molar-refractivity contribution in [2.45, 2.75) is 39.2 Å². The average molecular weight is 233 g/mol. The molecule has 2 heteroatoms. The molecule has 0 atom stereocenters. The minimum atomic E-state index is 0.0911. The van der Waals surface area contributed by atoms with Crippen LogP contribution in [0.25, 0.3) is 0 Å². The summed E-state index contributed by atoms with van der Waals surface area (Å²) in [4.78, 5) is 2.46. The molecule has 1 heterocycles. The van der Waals surface area contributed by atoms with Gasteiger partial charge in [-0.3, -0.25) is 0 Å². The van der Waals surface area contributed by atoms with Crippen LogP contribution in [-0.4, -0.2) is 25.3 Å². The summed E-state index contributed by atoms with van der Waals surface area (Å²) in [6, 6.07) is 8.90. The van der Waals surface area contributed by atoms with Crippen molar-refractivity contribution in [2.24, 2.45) is 0 Å². The van der Waals surface area contributed by atoms with Gasteiger partial charge in [0.25, 0.3) is 0 Å². The Balaban J connectivity index is 2.29. The van der Waals surface area contributed by atoms with Crippen molar-refractivity contribution in [3.8, 4) is 0 Å². The van der Waals surface area contributed by atoms with E-state index in [1.807, 2.05) is 0 Å². The summed E-state index contributed by atoms with van der Waals surface area (Å²) >= 11 is 0. The van der Waals surface area contributed by atoms with E-state index in [1.54, 1.807) is 0 Å². The molecule has 2 rings (SSSR count). The third-order valence-electron chi connectivity index (χ3n) is 3.49. The molecule has 17 heavy (non-hydrogen) atoms. The first-order chi connectivity index (χ1) is 8.00. The lowest BCUT2D eigenvalue weighted by atomic mass is 9.98. The van der Waals surface area contributed by atoms with E-state index in [-0.39, 0.29) is 5.54 Å². The highest BCUT2D eigenvalue weighted by molar-refractivity contribution is 5.51. The quantitative estimate of drug-likeness (QED) is 0.776. The minimum absolute atomic E-state index is 0.0911. The van der Waals surface area contributed by atoms with Gasteiger partial charge in [-0.1, -0.05) is 26.0 Å². The van der Waals surface area contributed by atoms with Crippen LogP contribution in [-0.2, 0) is 4.74 Å². The summed E-state index contributed by atoms with van der Waals surface area (Å²) in [7, 11) is 0.